The van der Waals surface area contributed by atoms with Crippen molar-refractivity contribution >= 4 is 16.9 Å². The molecule has 1 amide bonds. The maximum Gasteiger partial charge on any atom is 0.259 e. The van der Waals surface area contributed by atoms with Crippen molar-refractivity contribution in [3.05, 3.63) is 47.3 Å². The number of benzene rings is 1. The molecule has 0 N–H and O–H groups in total. The van der Waals surface area contributed by atoms with Gasteiger partial charge in [-0.15, -0.1) is 0 Å². The van der Waals surface area contributed by atoms with Crippen LogP contribution >= 0.6 is 0 Å². The predicted octanol–water partition coefficient (Wildman–Crippen LogP) is 2.23. The highest BCUT2D eigenvalue weighted by Crippen LogP contribution is 2.30. The van der Waals surface area contributed by atoms with E-state index in [9.17, 15) is 4.79 Å². The highest BCUT2D eigenvalue weighted by molar-refractivity contribution is 6.01. The standard InChI is InChI=1S/C20H22N4O3/c1-23-19-15(12-22-23)18(27-3)16(11-21-19)20(25)24-9-7-13-5-4-6-17(26-2)14(13)8-10-24/h4-6,11-12H,7-10H2,1-3H3. The number of nitrogens with zero attached hydrogens (tertiary/aromatic N) is 4. The summed E-state index contributed by atoms with van der Waals surface area (Å²) in [6.07, 6.45) is 4.82. The number of pyridine rings is 1. The maximum absolute atomic E-state index is 13.2. The van der Waals surface area contributed by atoms with Gasteiger partial charge in [0.05, 0.1) is 25.8 Å². The molecular formula is C20H22N4O3. The number of amides is 1. The van der Waals surface area contributed by atoms with E-state index in [0.29, 0.717) is 30.0 Å². The molecule has 0 bridgehead atoms. The van der Waals surface area contributed by atoms with Gasteiger partial charge in [0.15, 0.2) is 5.65 Å². The first-order valence-electron chi connectivity index (χ1n) is 8.92. The van der Waals surface area contributed by atoms with Gasteiger partial charge in [0.1, 0.15) is 17.1 Å². The van der Waals surface area contributed by atoms with Crippen molar-refractivity contribution in [2.75, 3.05) is 27.3 Å². The third-order valence-corrected chi connectivity index (χ3v) is 5.17. The Labute approximate surface area is 157 Å². The summed E-state index contributed by atoms with van der Waals surface area (Å²) in [4.78, 5) is 19.5. The summed E-state index contributed by atoms with van der Waals surface area (Å²) in [5.74, 6) is 1.34. The second-order valence-electron chi connectivity index (χ2n) is 6.60. The molecule has 1 aliphatic heterocycles. The van der Waals surface area contributed by atoms with E-state index in [-0.39, 0.29) is 5.91 Å². The second kappa shape index (κ2) is 6.90. The Balaban J connectivity index is 1.65. The van der Waals surface area contributed by atoms with Crippen LogP contribution in [0.2, 0.25) is 0 Å². The van der Waals surface area contributed by atoms with Crippen molar-refractivity contribution in [2.24, 2.45) is 7.05 Å². The van der Waals surface area contributed by atoms with E-state index >= 15 is 0 Å². The Hall–Kier alpha value is -3.09. The summed E-state index contributed by atoms with van der Waals surface area (Å²) in [5, 5.41) is 4.96. The summed E-state index contributed by atoms with van der Waals surface area (Å²) >= 11 is 0. The molecule has 2 aromatic heterocycles. The molecule has 0 saturated carbocycles. The summed E-state index contributed by atoms with van der Waals surface area (Å²) in [7, 11) is 5.07. The van der Waals surface area contributed by atoms with E-state index in [2.05, 4.69) is 16.1 Å². The molecule has 0 radical (unpaired) electrons. The van der Waals surface area contributed by atoms with Gasteiger partial charge in [0.25, 0.3) is 5.91 Å². The minimum Gasteiger partial charge on any atom is -0.496 e. The van der Waals surface area contributed by atoms with Crippen LogP contribution in [0.15, 0.2) is 30.6 Å². The molecule has 3 aromatic rings. The van der Waals surface area contributed by atoms with Crippen molar-refractivity contribution in [1.29, 1.82) is 0 Å². The lowest BCUT2D eigenvalue weighted by Gasteiger charge is -2.21. The smallest absolute Gasteiger partial charge is 0.259 e. The molecule has 27 heavy (non-hydrogen) atoms. The quantitative estimate of drug-likeness (QED) is 0.711. The highest BCUT2D eigenvalue weighted by atomic mass is 16.5. The second-order valence-corrected chi connectivity index (χ2v) is 6.60. The van der Waals surface area contributed by atoms with E-state index in [0.717, 1.165) is 24.0 Å². The number of carbonyl (C=O) groups is 1. The van der Waals surface area contributed by atoms with Crippen molar-refractivity contribution < 1.29 is 14.3 Å². The topological polar surface area (TPSA) is 69.5 Å². The van der Waals surface area contributed by atoms with Gasteiger partial charge in [-0.2, -0.15) is 5.10 Å². The van der Waals surface area contributed by atoms with Gasteiger partial charge in [-0.05, 0) is 30.0 Å². The van der Waals surface area contributed by atoms with Crippen LogP contribution in [0.4, 0.5) is 0 Å². The van der Waals surface area contributed by atoms with Crippen LogP contribution in [-0.2, 0) is 19.9 Å². The molecule has 0 fully saturated rings. The molecule has 0 aliphatic carbocycles. The summed E-state index contributed by atoms with van der Waals surface area (Å²) in [6, 6.07) is 6.08. The zero-order valence-electron chi connectivity index (χ0n) is 15.7. The molecule has 3 heterocycles. The molecule has 0 saturated heterocycles. The fraction of sp³-hybridized carbons (Fsp3) is 0.350. The molecule has 7 heteroatoms. The molecular weight excluding hydrogens is 344 g/mol. The summed E-state index contributed by atoms with van der Waals surface area (Å²) in [6.45, 7) is 1.27. The van der Waals surface area contributed by atoms with E-state index in [1.807, 2.05) is 24.1 Å². The molecule has 0 unspecified atom stereocenters. The Morgan fingerprint density at radius 1 is 1.11 bits per heavy atom. The van der Waals surface area contributed by atoms with Gasteiger partial charge in [-0.3, -0.25) is 9.48 Å². The number of methoxy groups -OCH3 is 2. The van der Waals surface area contributed by atoms with E-state index in [4.69, 9.17) is 9.47 Å². The van der Waals surface area contributed by atoms with Crippen LogP contribution in [0.25, 0.3) is 11.0 Å². The lowest BCUT2D eigenvalue weighted by molar-refractivity contribution is 0.0759. The molecule has 0 spiro atoms. The SMILES string of the molecule is COc1cccc2c1CCN(C(=O)c1cnc3c(cnn3C)c1OC)CC2. The van der Waals surface area contributed by atoms with Gasteiger partial charge >= 0.3 is 0 Å². The average Bonchev–Trinajstić information content (AvgIpc) is 2.94. The lowest BCUT2D eigenvalue weighted by atomic mass is 10.0. The zero-order valence-corrected chi connectivity index (χ0v) is 15.7. The minimum atomic E-state index is -0.0723. The molecule has 7 nitrogen and oxygen atoms in total. The van der Waals surface area contributed by atoms with Crippen LogP contribution in [0.5, 0.6) is 11.5 Å². The monoisotopic (exact) mass is 366 g/mol. The Bertz CT molecular complexity index is 1010. The van der Waals surface area contributed by atoms with Crippen LogP contribution in [0.1, 0.15) is 21.5 Å². The maximum atomic E-state index is 13.2. The molecule has 1 aliphatic rings. The number of aromatic nitrogens is 3. The predicted molar refractivity (Wildman–Crippen MR) is 101 cm³/mol. The van der Waals surface area contributed by atoms with Gasteiger partial charge in [0, 0.05) is 26.3 Å². The Morgan fingerprint density at radius 2 is 1.93 bits per heavy atom. The normalized spacial score (nSPS) is 14.0. The van der Waals surface area contributed by atoms with Crippen molar-refractivity contribution in [1.82, 2.24) is 19.7 Å². The number of hydrogen-bond donors (Lipinski definition) is 0. The lowest BCUT2D eigenvalue weighted by Crippen LogP contribution is -2.33. The average molecular weight is 366 g/mol. The first-order valence-corrected chi connectivity index (χ1v) is 8.92. The van der Waals surface area contributed by atoms with Crippen molar-refractivity contribution in [3.63, 3.8) is 0 Å². The van der Waals surface area contributed by atoms with E-state index < -0.39 is 0 Å². The zero-order chi connectivity index (χ0) is 19.0. The highest BCUT2D eigenvalue weighted by Gasteiger charge is 2.25. The van der Waals surface area contributed by atoms with Gasteiger partial charge in [-0.1, -0.05) is 12.1 Å². The van der Waals surface area contributed by atoms with Gasteiger partial charge in [-0.25, -0.2) is 4.98 Å². The summed E-state index contributed by atoms with van der Waals surface area (Å²) < 4.78 is 12.7. The van der Waals surface area contributed by atoms with Crippen LogP contribution < -0.4 is 9.47 Å². The first kappa shape index (κ1) is 17.3. The Morgan fingerprint density at radius 3 is 2.70 bits per heavy atom. The van der Waals surface area contributed by atoms with Gasteiger partial charge < -0.3 is 14.4 Å². The molecule has 1 aromatic carbocycles. The molecule has 140 valence electrons. The number of rotatable bonds is 3. The number of carbonyl (C=O) groups excluding carboxylic acids is 1. The summed E-state index contributed by atoms with van der Waals surface area (Å²) in [5.41, 5.74) is 3.58. The number of aryl methyl sites for hydroxylation is 1. The van der Waals surface area contributed by atoms with Crippen LogP contribution in [0, 0.1) is 0 Å². The largest absolute Gasteiger partial charge is 0.496 e. The number of fused-ring (bicyclic) bond motifs is 2. The molecule has 0 atom stereocenters. The Kier molecular flexibility index (Phi) is 4.43. The van der Waals surface area contributed by atoms with Crippen LogP contribution in [-0.4, -0.2) is 52.9 Å². The minimum absolute atomic E-state index is 0.0723. The number of ether oxygens (including phenoxy) is 2. The third-order valence-electron chi connectivity index (χ3n) is 5.17. The van der Waals surface area contributed by atoms with E-state index in [1.165, 1.54) is 11.1 Å². The third kappa shape index (κ3) is 2.89. The molecule has 4 rings (SSSR count). The number of hydrogen-bond acceptors (Lipinski definition) is 5. The van der Waals surface area contributed by atoms with E-state index in [1.54, 1.807) is 31.3 Å². The fourth-order valence-electron chi connectivity index (χ4n) is 3.75. The van der Waals surface area contributed by atoms with Crippen molar-refractivity contribution in [3.8, 4) is 11.5 Å². The first-order chi connectivity index (χ1) is 13.1. The van der Waals surface area contributed by atoms with Crippen molar-refractivity contribution in [2.45, 2.75) is 12.8 Å². The van der Waals surface area contributed by atoms with Crippen LogP contribution in [0.3, 0.4) is 0 Å². The van der Waals surface area contributed by atoms with Gasteiger partial charge in [0.2, 0.25) is 0 Å². The fourth-order valence-corrected chi connectivity index (χ4v) is 3.75.